The lowest BCUT2D eigenvalue weighted by molar-refractivity contribution is -0.133. The Morgan fingerprint density at radius 1 is 1.18 bits per heavy atom. The maximum atomic E-state index is 13.4. The minimum absolute atomic E-state index is 0.214. The Bertz CT molecular complexity index is 568. The van der Waals surface area contributed by atoms with E-state index in [0.29, 0.717) is 30.8 Å². The molecule has 22 heavy (non-hydrogen) atoms. The molecular weight excluding hydrogens is 277 g/mol. The number of benzene rings is 1. The minimum Gasteiger partial charge on any atom is -0.335 e. The second-order valence-corrected chi connectivity index (χ2v) is 7.52. The Balaban J connectivity index is 1.42. The van der Waals surface area contributed by atoms with Gasteiger partial charge in [-0.1, -0.05) is 18.6 Å². The molecule has 0 spiro atoms. The van der Waals surface area contributed by atoms with E-state index in [1.54, 1.807) is 12.1 Å². The average molecular weight is 301 g/mol. The van der Waals surface area contributed by atoms with Crippen molar-refractivity contribution in [2.24, 2.45) is 17.8 Å². The van der Waals surface area contributed by atoms with Gasteiger partial charge < -0.3 is 4.90 Å². The summed E-state index contributed by atoms with van der Waals surface area (Å²) in [5.41, 5.74) is 0.910. The summed E-state index contributed by atoms with van der Waals surface area (Å²) < 4.78 is 13.4. The summed E-state index contributed by atoms with van der Waals surface area (Å²) in [4.78, 5) is 14.8. The van der Waals surface area contributed by atoms with Crippen molar-refractivity contribution >= 4 is 5.91 Å². The highest BCUT2D eigenvalue weighted by atomic mass is 19.1. The van der Waals surface area contributed by atoms with Gasteiger partial charge in [0.1, 0.15) is 5.82 Å². The van der Waals surface area contributed by atoms with E-state index in [1.807, 2.05) is 11.0 Å². The molecule has 3 atom stereocenters. The fourth-order valence-corrected chi connectivity index (χ4v) is 4.61. The zero-order chi connectivity index (χ0) is 15.1. The maximum Gasteiger partial charge on any atom is 0.223 e. The number of amides is 1. The van der Waals surface area contributed by atoms with Crippen molar-refractivity contribution in [3.8, 4) is 0 Å². The molecule has 3 fully saturated rings. The van der Waals surface area contributed by atoms with E-state index in [0.717, 1.165) is 30.2 Å². The summed E-state index contributed by atoms with van der Waals surface area (Å²) in [6, 6.07) is 7.07. The quantitative estimate of drug-likeness (QED) is 0.800. The number of rotatable bonds is 5. The molecule has 2 bridgehead atoms. The average Bonchev–Trinajstić information content (AvgIpc) is 3.13. The molecule has 3 aliphatic rings. The van der Waals surface area contributed by atoms with E-state index in [9.17, 15) is 9.18 Å². The molecule has 2 nitrogen and oxygen atoms in total. The van der Waals surface area contributed by atoms with Crippen LogP contribution in [0.3, 0.4) is 0 Å². The molecule has 0 saturated heterocycles. The van der Waals surface area contributed by atoms with Gasteiger partial charge in [-0.15, -0.1) is 0 Å². The predicted octanol–water partition coefficient (Wildman–Crippen LogP) is 4.14. The number of carbonyl (C=O) groups excluding carboxylic acids is 1. The highest BCUT2D eigenvalue weighted by Crippen LogP contribution is 2.49. The van der Waals surface area contributed by atoms with Crippen LogP contribution in [0.4, 0.5) is 4.39 Å². The number of halogens is 1. The van der Waals surface area contributed by atoms with Crippen molar-refractivity contribution in [1.82, 2.24) is 4.90 Å². The van der Waals surface area contributed by atoms with Crippen molar-refractivity contribution in [3.63, 3.8) is 0 Å². The molecule has 0 heterocycles. The summed E-state index contributed by atoms with van der Waals surface area (Å²) in [6.07, 6.45) is 8.25. The first-order valence-electron chi connectivity index (χ1n) is 8.73. The highest BCUT2D eigenvalue weighted by Gasteiger charge is 2.42. The number of nitrogens with zero attached hydrogens (tertiary/aromatic N) is 1. The first-order valence-corrected chi connectivity index (χ1v) is 8.73. The second-order valence-electron chi connectivity index (χ2n) is 7.52. The van der Waals surface area contributed by atoms with Gasteiger partial charge in [0.25, 0.3) is 0 Å². The third-order valence-electron chi connectivity index (χ3n) is 5.87. The van der Waals surface area contributed by atoms with Crippen molar-refractivity contribution < 1.29 is 9.18 Å². The Kier molecular flexibility index (Phi) is 3.67. The Morgan fingerprint density at radius 3 is 2.68 bits per heavy atom. The molecule has 3 saturated carbocycles. The Labute approximate surface area is 131 Å². The van der Waals surface area contributed by atoms with E-state index < -0.39 is 0 Å². The summed E-state index contributed by atoms with van der Waals surface area (Å²) in [7, 11) is 0. The molecule has 1 amide bonds. The monoisotopic (exact) mass is 301 g/mol. The van der Waals surface area contributed by atoms with Crippen LogP contribution in [-0.2, 0) is 11.3 Å². The summed E-state index contributed by atoms with van der Waals surface area (Å²) in [5.74, 6) is 2.38. The molecule has 1 aromatic carbocycles. The fourth-order valence-electron chi connectivity index (χ4n) is 4.61. The zero-order valence-electron chi connectivity index (χ0n) is 13.0. The van der Waals surface area contributed by atoms with Gasteiger partial charge >= 0.3 is 0 Å². The van der Waals surface area contributed by atoms with Crippen LogP contribution in [-0.4, -0.2) is 16.8 Å². The SMILES string of the molecule is O=C(CC1CC2CCC1C2)N(Cc1cccc(F)c1)C1CC1. The van der Waals surface area contributed by atoms with Crippen LogP contribution in [0.5, 0.6) is 0 Å². The smallest absolute Gasteiger partial charge is 0.223 e. The van der Waals surface area contributed by atoms with E-state index in [4.69, 9.17) is 0 Å². The minimum atomic E-state index is -0.214. The van der Waals surface area contributed by atoms with Crippen molar-refractivity contribution in [2.75, 3.05) is 0 Å². The lowest BCUT2D eigenvalue weighted by atomic mass is 9.86. The van der Waals surface area contributed by atoms with Crippen LogP contribution < -0.4 is 0 Å². The molecule has 118 valence electrons. The molecule has 3 unspecified atom stereocenters. The molecule has 0 aromatic heterocycles. The number of hydrogen-bond donors (Lipinski definition) is 0. The van der Waals surface area contributed by atoms with Crippen LogP contribution in [0, 0.1) is 23.6 Å². The molecule has 3 heteroatoms. The number of hydrogen-bond acceptors (Lipinski definition) is 1. The van der Waals surface area contributed by atoms with Gasteiger partial charge in [-0.05, 0) is 67.6 Å². The van der Waals surface area contributed by atoms with E-state index >= 15 is 0 Å². The molecule has 0 aliphatic heterocycles. The molecule has 4 rings (SSSR count). The maximum absolute atomic E-state index is 13.4. The lowest BCUT2D eigenvalue weighted by Crippen LogP contribution is -2.34. The lowest BCUT2D eigenvalue weighted by Gasteiger charge is -2.27. The number of fused-ring (bicyclic) bond motifs is 2. The van der Waals surface area contributed by atoms with E-state index in [-0.39, 0.29) is 5.82 Å². The zero-order valence-corrected chi connectivity index (χ0v) is 13.0. The van der Waals surface area contributed by atoms with Gasteiger partial charge in [-0.25, -0.2) is 4.39 Å². The van der Waals surface area contributed by atoms with E-state index in [1.165, 1.54) is 31.7 Å². The normalized spacial score (nSPS) is 29.8. The summed E-state index contributed by atoms with van der Waals surface area (Å²) >= 11 is 0. The predicted molar refractivity (Wildman–Crippen MR) is 83.5 cm³/mol. The fraction of sp³-hybridized carbons (Fsp3) is 0.632. The van der Waals surface area contributed by atoms with Crippen LogP contribution >= 0.6 is 0 Å². The molecular formula is C19H24FNO. The molecule has 0 N–H and O–H groups in total. The summed E-state index contributed by atoms with van der Waals surface area (Å²) in [5, 5.41) is 0. The van der Waals surface area contributed by atoms with Crippen LogP contribution in [0.2, 0.25) is 0 Å². The van der Waals surface area contributed by atoms with Gasteiger partial charge in [0.2, 0.25) is 5.91 Å². The third-order valence-corrected chi connectivity index (χ3v) is 5.87. The van der Waals surface area contributed by atoms with Gasteiger partial charge in [0.15, 0.2) is 0 Å². The first-order chi connectivity index (χ1) is 10.7. The molecule has 3 aliphatic carbocycles. The van der Waals surface area contributed by atoms with Crippen LogP contribution in [0.15, 0.2) is 24.3 Å². The standard InChI is InChI=1S/C19H24FNO/c20-17-3-1-2-14(10-17)12-21(18-6-7-18)19(22)11-16-9-13-4-5-15(16)8-13/h1-3,10,13,15-16,18H,4-9,11-12H2. The molecule has 1 aromatic rings. The highest BCUT2D eigenvalue weighted by molar-refractivity contribution is 5.77. The first kappa shape index (κ1) is 14.2. The topological polar surface area (TPSA) is 20.3 Å². The van der Waals surface area contributed by atoms with Crippen LogP contribution in [0.1, 0.15) is 50.5 Å². The van der Waals surface area contributed by atoms with Crippen molar-refractivity contribution in [1.29, 1.82) is 0 Å². The van der Waals surface area contributed by atoms with Crippen molar-refractivity contribution in [3.05, 3.63) is 35.6 Å². The van der Waals surface area contributed by atoms with Gasteiger partial charge in [-0.3, -0.25) is 4.79 Å². The van der Waals surface area contributed by atoms with Gasteiger partial charge in [-0.2, -0.15) is 0 Å². The van der Waals surface area contributed by atoms with Crippen molar-refractivity contribution in [2.45, 2.75) is 57.5 Å². The van der Waals surface area contributed by atoms with Crippen LogP contribution in [0.25, 0.3) is 0 Å². The third kappa shape index (κ3) is 2.90. The summed E-state index contributed by atoms with van der Waals surface area (Å²) in [6.45, 7) is 0.572. The Morgan fingerprint density at radius 2 is 2.05 bits per heavy atom. The second kappa shape index (κ2) is 5.68. The van der Waals surface area contributed by atoms with E-state index in [2.05, 4.69) is 0 Å². The number of carbonyl (C=O) groups is 1. The van der Waals surface area contributed by atoms with Gasteiger partial charge in [0, 0.05) is 19.0 Å². The Hall–Kier alpha value is -1.38. The van der Waals surface area contributed by atoms with Gasteiger partial charge in [0.05, 0.1) is 0 Å². The molecule has 0 radical (unpaired) electrons. The largest absolute Gasteiger partial charge is 0.335 e.